The van der Waals surface area contributed by atoms with Gasteiger partial charge in [0.05, 0.1) is 12.2 Å². The lowest BCUT2D eigenvalue weighted by molar-refractivity contribution is -0.114. The van der Waals surface area contributed by atoms with Gasteiger partial charge in [-0.05, 0) is 36.4 Å². The molecule has 0 fully saturated rings. The van der Waals surface area contributed by atoms with Crippen LogP contribution in [0.4, 0.5) is 11.4 Å². The number of carbonyl (C=O) groups excluding carboxylic acids is 1. The molecule has 0 aliphatic rings. The standard InChI is InChI=1S/C17H17BrN2OS/c1-2-11-22-16-6-4-3-5-15(16)20-17(21)12-19-14-9-7-13(18)8-10-14/h2-10,19H,1,11-12H2,(H,20,21). The third kappa shape index (κ3) is 5.24. The zero-order chi connectivity index (χ0) is 15.8. The molecule has 0 heterocycles. The Bertz CT molecular complexity index is 643. The van der Waals surface area contributed by atoms with Gasteiger partial charge in [0.25, 0.3) is 0 Å². The molecule has 0 atom stereocenters. The van der Waals surface area contributed by atoms with Crippen LogP contribution in [0.3, 0.4) is 0 Å². The van der Waals surface area contributed by atoms with Crippen molar-refractivity contribution in [2.24, 2.45) is 0 Å². The number of carbonyl (C=O) groups is 1. The molecule has 5 heteroatoms. The summed E-state index contributed by atoms with van der Waals surface area (Å²) < 4.78 is 1.01. The lowest BCUT2D eigenvalue weighted by atomic mass is 10.3. The molecule has 3 nitrogen and oxygen atoms in total. The van der Waals surface area contributed by atoms with Crippen molar-refractivity contribution >= 4 is 45.0 Å². The van der Waals surface area contributed by atoms with Crippen molar-refractivity contribution in [2.75, 3.05) is 22.9 Å². The molecule has 2 aromatic rings. The number of halogens is 1. The summed E-state index contributed by atoms with van der Waals surface area (Å²) in [6.07, 6.45) is 1.85. The topological polar surface area (TPSA) is 41.1 Å². The van der Waals surface area contributed by atoms with Crippen molar-refractivity contribution in [1.29, 1.82) is 0 Å². The molecule has 0 unspecified atom stereocenters. The van der Waals surface area contributed by atoms with Gasteiger partial charge in [0.15, 0.2) is 0 Å². The van der Waals surface area contributed by atoms with Crippen LogP contribution in [0.25, 0.3) is 0 Å². The van der Waals surface area contributed by atoms with E-state index < -0.39 is 0 Å². The first-order valence-electron chi connectivity index (χ1n) is 6.81. The molecule has 0 aromatic heterocycles. The van der Waals surface area contributed by atoms with E-state index >= 15 is 0 Å². The molecule has 0 aliphatic carbocycles. The molecule has 22 heavy (non-hydrogen) atoms. The van der Waals surface area contributed by atoms with Crippen molar-refractivity contribution in [1.82, 2.24) is 0 Å². The molecule has 0 saturated carbocycles. The van der Waals surface area contributed by atoms with Crippen LogP contribution in [-0.4, -0.2) is 18.2 Å². The molecule has 0 spiro atoms. The maximum atomic E-state index is 12.1. The molecule has 114 valence electrons. The van der Waals surface area contributed by atoms with E-state index in [1.54, 1.807) is 11.8 Å². The highest BCUT2D eigenvalue weighted by atomic mass is 79.9. The average Bonchev–Trinajstić information content (AvgIpc) is 2.53. The summed E-state index contributed by atoms with van der Waals surface area (Å²) in [5, 5.41) is 6.03. The SMILES string of the molecule is C=CCSc1ccccc1NC(=O)CNc1ccc(Br)cc1. The lowest BCUT2D eigenvalue weighted by Gasteiger charge is -2.11. The number of anilines is 2. The minimum absolute atomic E-state index is 0.0745. The molecular weight excluding hydrogens is 360 g/mol. The third-order valence-corrected chi connectivity index (χ3v) is 4.41. The van der Waals surface area contributed by atoms with Crippen molar-refractivity contribution in [2.45, 2.75) is 4.90 Å². The fraction of sp³-hybridized carbons (Fsp3) is 0.118. The van der Waals surface area contributed by atoms with Gasteiger partial charge < -0.3 is 10.6 Å². The minimum atomic E-state index is -0.0745. The number of nitrogens with one attached hydrogen (secondary N) is 2. The molecule has 2 aromatic carbocycles. The zero-order valence-electron chi connectivity index (χ0n) is 12.0. The summed E-state index contributed by atoms with van der Waals surface area (Å²) >= 11 is 5.03. The van der Waals surface area contributed by atoms with E-state index in [0.717, 1.165) is 26.5 Å². The monoisotopic (exact) mass is 376 g/mol. The number of benzene rings is 2. The number of hydrogen-bond acceptors (Lipinski definition) is 3. The smallest absolute Gasteiger partial charge is 0.243 e. The van der Waals surface area contributed by atoms with Crippen molar-refractivity contribution in [3.8, 4) is 0 Å². The normalized spacial score (nSPS) is 10.0. The van der Waals surface area contributed by atoms with E-state index in [2.05, 4.69) is 33.1 Å². The van der Waals surface area contributed by atoms with Crippen molar-refractivity contribution < 1.29 is 4.79 Å². The molecule has 0 bridgehead atoms. The Morgan fingerprint density at radius 2 is 1.91 bits per heavy atom. The number of thioether (sulfide) groups is 1. The third-order valence-electron chi connectivity index (χ3n) is 2.82. The summed E-state index contributed by atoms with van der Waals surface area (Å²) in [4.78, 5) is 13.1. The van der Waals surface area contributed by atoms with E-state index in [9.17, 15) is 4.79 Å². The van der Waals surface area contributed by atoms with Gasteiger partial charge in [-0.2, -0.15) is 0 Å². The van der Waals surface area contributed by atoms with Gasteiger partial charge in [-0.25, -0.2) is 0 Å². The minimum Gasteiger partial charge on any atom is -0.376 e. The highest BCUT2D eigenvalue weighted by Crippen LogP contribution is 2.26. The predicted molar refractivity (Wildman–Crippen MR) is 98.6 cm³/mol. The molecular formula is C17H17BrN2OS. The highest BCUT2D eigenvalue weighted by molar-refractivity contribution is 9.10. The fourth-order valence-electron chi connectivity index (χ4n) is 1.79. The first-order chi connectivity index (χ1) is 10.7. The van der Waals surface area contributed by atoms with Gasteiger partial charge in [0, 0.05) is 20.8 Å². The van der Waals surface area contributed by atoms with Crippen molar-refractivity contribution in [3.05, 3.63) is 65.7 Å². The first-order valence-corrected chi connectivity index (χ1v) is 8.59. The molecule has 2 rings (SSSR count). The lowest BCUT2D eigenvalue weighted by Crippen LogP contribution is -2.22. The Balaban J connectivity index is 1.91. The van der Waals surface area contributed by atoms with Gasteiger partial charge in [-0.1, -0.05) is 34.1 Å². The van der Waals surface area contributed by atoms with Crippen LogP contribution in [0.15, 0.2) is 70.6 Å². The second-order valence-corrected chi connectivity index (χ2v) is 6.48. The van der Waals surface area contributed by atoms with Crippen LogP contribution < -0.4 is 10.6 Å². The molecule has 0 radical (unpaired) electrons. The maximum absolute atomic E-state index is 12.1. The van der Waals surface area contributed by atoms with Crippen LogP contribution in [-0.2, 0) is 4.79 Å². The predicted octanol–water partition coefficient (Wildman–Crippen LogP) is 4.78. The van der Waals surface area contributed by atoms with E-state index in [1.165, 1.54) is 0 Å². The second kappa shape index (κ2) is 8.66. The Hall–Kier alpha value is -1.72. The summed E-state index contributed by atoms with van der Waals surface area (Å²) in [5.41, 5.74) is 1.74. The van der Waals surface area contributed by atoms with E-state index in [0.29, 0.717) is 0 Å². The zero-order valence-corrected chi connectivity index (χ0v) is 14.4. The van der Waals surface area contributed by atoms with Crippen molar-refractivity contribution in [3.63, 3.8) is 0 Å². The highest BCUT2D eigenvalue weighted by Gasteiger charge is 2.06. The Morgan fingerprint density at radius 1 is 1.18 bits per heavy atom. The van der Waals surface area contributed by atoms with Gasteiger partial charge in [-0.3, -0.25) is 4.79 Å². The first kappa shape index (κ1) is 16.6. The summed E-state index contributed by atoms with van der Waals surface area (Å²) in [6, 6.07) is 15.5. The number of hydrogen-bond donors (Lipinski definition) is 2. The van der Waals surface area contributed by atoms with Gasteiger partial charge in [0.2, 0.25) is 5.91 Å². The van der Waals surface area contributed by atoms with Crippen LogP contribution in [0.2, 0.25) is 0 Å². The number of amides is 1. The maximum Gasteiger partial charge on any atom is 0.243 e. The Kier molecular flexibility index (Phi) is 6.55. The molecule has 1 amide bonds. The van der Waals surface area contributed by atoms with Gasteiger partial charge >= 0.3 is 0 Å². The summed E-state index contributed by atoms with van der Waals surface area (Å²) in [7, 11) is 0. The van der Waals surface area contributed by atoms with E-state index in [4.69, 9.17) is 0 Å². The molecule has 0 aliphatic heterocycles. The molecule has 2 N–H and O–H groups in total. The summed E-state index contributed by atoms with van der Waals surface area (Å²) in [5.74, 6) is 0.735. The number of rotatable bonds is 7. The van der Waals surface area contributed by atoms with E-state index in [1.807, 2.05) is 54.6 Å². The van der Waals surface area contributed by atoms with Crippen LogP contribution in [0.1, 0.15) is 0 Å². The largest absolute Gasteiger partial charge is 0.376 e. The Labute approximate surface area is 143 Å². The van der Waals surface area contributed by atoms with Crippen LogP contribution in [0.5, 0.6) is 0 Å². The molecule has 0 saturated heterocycles. The fourth-order valence-corrected chi connectivity index (χ4v) is 2.80. The number of para-hydroxylation sites is 1. The quantitative estimate of drug-likeness (QED) is 0.539. The average molecular weight is 377 g/mol. The van der Waals surface area contributed by atoms with Crippen LogP contribution in [0, 0.1) is 0 Å². The Morgan fingerprint density at radius 3 is 2.64 bits per heavy atom. The van der Waals surface area contributed by atoms with Crippen LogP contribution >= 0.6 is 27.7 Å². The van der Waals surface area contributed by atoms with E-state index in [-0.39, 0.29) is 12.5 Å². The van der Waals surface area contributed by atoms with Gasteiger partial charge in [0.1, 0.15) is 0 Å². The van der Waals surface area contributed by atoms with Gasteiger partial charge in [-0.15, -0.1) is 18.3 Å². The summed E-state index contributed by atoms with van der Waals surface area (Å²) in [6.45, 7) is 3.94. The second-order valence-electron chi connectivity index (χ2n) is 4.50.